The smallest absolute Gasteiger partial charge is 0.378 e. The van der Waals surface area contributed by atoms with Gasteiger partial charge < -0.3 is 13.7 Å². The van der Waals surface area contributed by atoms with Crippen LogP contribution in [-0.2, 0) is 10.4 Å². The second kappa shape index (κ2) is 3.71. The van der Waals surface area contributed by atoms with Gasteiger partial charge in [0, 0.05) is 6.54 Å². The number of hydrogen-bond acceptors (Lipinski definition) is 5. The fourth-order valence-corrected chi connectivity index (χ4v) is 2.04. The van der Waals surface area contributed by atoms with Crippen LogP contribution >= 0.6 is 0 Å². The molecule has 1 aromatic carbocycles. The van der Waals surface area contributed by atoms with E-state index < -0.39 is 10.4 Å². The average molecular weight is 241 g/mol. The third-order valence-corrected chi connectivity index (χ3v) is 2.69. The lowest BCUT2D eigenvalue weighted by molar-refractivity contribution is 0.437. The van der Waals surface area contributed by atoms with E-state index in [0.717, 1.165) is 5.57 Å². The van der Waals surface area contributed by atoms with E-state index in [1.807, 2.05) is 6.92 Å². The average Bonchev–Trinajstić information content (AvgIpc) is 2.48. The SMILES string of the molecule is C=C(C)CNc1cccc2c1OS(=O)(=O)O2. The van der Waals surface area contributed by atoms with Crippen molar-refractivity contribution in [2.75, 3.05) is 11.9 Å². The van der Waals surface area contributed by atoms with Crippen LogP contribution in [0.15, 0.2) is 30.4 Å². The van der Waals surface area contributed by atoms with E-state index in [4.69, 9.17) is 4.18 Å². The molecule has 0 atom stereocenters. The standard InChI is InChI=1S/C10H11NO4S/c1-7(2)6-11-8-4-3-5-9-10(8)15-16(12,13)14-9/h3-5,11H,1,6H2,2H3. The van der Waals surface area contributed by atoms with Gasteiger partial charge in [0.25, 0.3) is 0 Å². The largest absolute Gasteiger partial charge is 0.501 e. The fourth-order valence-electron chi connectivity index (χ4n) is 1.28. The zero-order valence-electron chi connectivity index (χ0n) is 8.69. The number of benzene rings is 1. The molecule has 0 saturated carbocycles. The molecule has 2 rings (SSSR count). The molecule has 0 bridgehead atoms. The number of fused-ring (bicyclic) bond motifs is 1. The molecular weight excluding hydrogens is 230 g/mol. The van der Waals surface area contributed by atoms with Crippen LogP contribution < -0.4 is 13.7 Å². The van der Waals surface area contributed by atoms with Crippen molar-refractivity contribution in [3.05, 3.63) is 30.4 Å². The summed E-state index contributed by atoms with van der Waals surface area (Å²) in [7, 11) is -3.93. The minimum atomic E-state index is -3.93. The second-order valence-electron chi connectivity index (χ2n) is 3.52. The third kappa shape index (κ3) is 2.11. The molecule has 1 aromatic rings. The lowest BCUT2D eigenvalue weighted by Gasteiger charge is -2.07. The van der Waals surface area contributed by atoms with Crippen LogP contribution in [0.4, 0.5) is 5.69 Å². The highest BCUT2D eigenvalue weighted by atomic mass is 32.3. The zero-order chi connectivity index (χ0) is 11.8. The maximum Gasteiger partial charge on any atom is 0.501 e. The highest BCUT2D eigenvalue weighted by molar-refractivity contribution is 7.82. The van der Waals surface area contributed by atoms with Gasteiger partial charge in [-0.15, -0.1) is 8.42 Å². The molecule has 86 valence electrons. The van der Waals surface area contributed by atoms with Crippen LogP contribution in [0.5, 0.6) is 11.5 Å². The van der Waals surface area contributed by atoms with Gasteiger partial charge in [-0.3, -0.25) is 0 Å². The quantitative estimate of drug-likeness (QED) is 0.816. The van der Waals surface area contributed by atoms with Gasteiger partial charge in [-0.2, -0.15) is 0 Å². The van der Waals surface area contributed by atoms with E-state index in [0.29, 0.717) is 12.2 Å². The van der Waals surface area contributed by atoms with Gasteiger partial charge >= 0.3 is 10.4 Å². The summed E-state index contributed by atoms with van der Waals surface area (Å²) in [5.41, 5.74) is 1.50. The van der Waals surface area contributed by atoms with Crippen molar-refractivity contribution in [3.63, 3.8) is 0 Å². The molecule has 1 aliphatic rings. The molecule has 16 heavy (non-hydrogen) atoms. The number of para-hydroxylation sites is 1. The van der Waals surface area contributed by atoms with Crippen molar-refractivity contribution in [3.8, 4) is 11.5 Å². The van der Waals surface area contributed by atoms with E-state index in [1.165, 1.54) is 6.07 Å². The number of hydrogen-bond donors (Lipinski definition) is 1. The summed E-state index contributed by atoms with van der Waals surface area (Å²) in [5, 5.41) is 3.01. The van der Waals surface area contributed by atoms with E-state index in [1.54, 1.807) is 12.1 Å². The van der Waals surface area contributed by atoms with Gasteiger partial charge in [-0.05, 0) is 19.1 Å². The molecule has 5 nitrogen and oxygen atoms in total. The summed E-state index contributed by atoms with van der Waals surface area (Å²) in [4.78, 5) is 0. The van der Waals surface area contributed by atoms with Crippen LogP contribution in [0.3, 0.4) is 0 Å². The Morgan fingerprint density at radius 3 is 2.88 bits per heavy atom. The first-order valence-corrected chi connectivity index (χ1v) is 5.96. The van der Waals surface area contributed by atoms with Crippen molar-refractivity contribution < 1.29 is 16.8 Å². The van der Waals surface area contributed by atoms with E-state index in [-0.39, 0.29) is 11.5 Å². The van der Waals surface area contributed by atoms with Crippen LogP contribution in [0.1, 0.15) is 6.92 Å². The molecule has 0 spiro atoms. The van der Waals surface area contributed by atoms with Crippen LogP contribution in [-0.4, -0.2) is 15.0 Å². The minimum Gasteiger partial charge on any atom is -0.378 e. The van der Waals surface area contributed by atoms with Crippen LogP contribution in [0.25, 0.3) is 0 Å². The molecule has 0 saturated heterocycles. The molecule has 0 fully saturated rings. The first kappa shape index (κ1) is 10.8. The summed E-state index contributed by atoms with van der Waals surface area (Å²) >= 11 is 0. The highest BCUT2D eigenvalue weighted by Gasteiger charge is 2.30. The predicted octanol–water partition coefficient (Wildman–Crippen LogP) is 1.69. The van der Waals surface area contributed by atoms with Gasteiger partial charge in [-0.1, -0.05) is 18.2 Å². The summed E-state index contributed by atoms with van der Waals surface area (Å²) < 4.78 is 31.5. The molecular formula is C10H11NO4S. The number of rotatable bonds is 3. The van der Waals surface area contributed by atoms with Crippen molar-refractivity contribution in [2.45, 2.75) is 6.92 Å². The molecule has 0 radical (unpaired) electrons. The minimum absolute atomic E-state index is 0.198. The fraction of sp³-hybridized carbons (Fsp3) is 0.200. The van der Waals surface area contributed by atoms with Gasteiger partial charge in [0.2, 0.25) is 5.75 Å². The normalized spacial score (nSPS) is 15.8. The summed E-state index contributed by atoms with van der Waals surface area (Å²) in [5.74, 6) is 0.399. The lowest BCUT2D eigenvalue weighted by Crippen LogP contribution is -2.09. The van der Waals surface area contributed by atoms with Crippen LogP contribution in [0, 0.1) is 0 Å². The summed E-state index contributed by atoms with van der Waals surface area (Å²) in [6.45, 7) is 6.15. The Balaban J connectivity index is 2.30. The van der Waals surface area contributed by atoms with Crippen molar-refractivity contribution in [1.82, 2.24) is 0 Å². The third-order valence-electron chi connectivity index (χ3n) is 1.94. The maximum atomic E-state index is 11.1. The summed E-state index contributed by atoms with van der Waals surface area (Å²) in [6, 6.07) is 4.93. The van der Waals surface area contributed by atoms with Crippen LogP contribution in [0.2, 0.25) is 0 Å². The van der Waals surface area contributed by atoms with Gasteiger partial charge in [0.1, 0.15) is 0 Å². The Bertz CT molecular complexity index is 536. The van der Waals surface area contributed by atoms with Crippen molar-refractivity contribution >= 4 is 16.1 Å². The van der Waals surface area contributed by atoms with E-state index >= 15 is 0 Å². The first-order valence-electron chi connectivity index (χ1n) is 4.63. The van der Waals surface area contributed by atoms with Gasteiger partial charge in [0.15, 0.2) is 5.75 Å². The molecule has 1 N–H and O–H groups in total. The van der Waals surface area contributed by atoms with E-state index in [2.05, 4.69) is 16.1 Å². The van der Waals surface area contributed by atoms with E-state index in [9.17, 15) is 8.42 Å². The van der Waals surface area contributed by atoms with Crippen molar-refractivity contribution in [2.24, 2.45) is 0 Å². The molecule has 0 unspecified atom stereocenters. The Hall–Kier alpha value is -1.69. The summed E-state index contributed by atoms with van der Waals surface area (Å²) in [6.07, 6.45) is 0. The zero-order valence-corrected chi connectivity index (χ0v) is 9.50. The monoisotopic (exact) mass is 241 g/mol. The number of anilines is 1. The van der Waals surface area contributed by atoms with Gasteiger partial charge in [-0.25, -0.2) is 0 Å². The molecule has 0 aromatic heterocycles. The Morgan fingerprint density at radius 1 is 1.44 bits per heavy atom. The molecule has 1 aliphatic heterocycles. The maximum absolute atomic E-state index is 11.1. The Kier molecular flexibility index (Phi) is 2.51. The lowest BCUT2D eigenvalue weighted by atomic mass is 10.2. The molecule has 1 heterocycles. The molecule has 0 aliphatic carbocycles. The Morgan fingerprint density at radius 2 is 2.19 bits per heavy atom. The Labute approximate surface area is 94.0 Å². The second-order valence-corrected chi connectivity index (χ2v) is 4.67. The molecule has 6 heteroatoms. The first-order chi connectivity index (χ1) is 7.48. The number of nitrogens with one attached hydrogen (secondary N) is 1. The predicted molar refractivity (Wildman–Crippen MR) is 59.9 cm³/mol. The highest BCUT2D eigenvalue weighted by Crippen LogP contribution is 2.41. The molecule has 0 amide bonds. The van der Waals surface area contributed by atoms with Gasteiger partial charge in [0.05, 0.1) is 5.69 Å². The van der Waals surface area contributed by atoms with Crippen molar-refractivity contribution in [1.29, 1.82) is 0 Å². The topological polar surface area (TPSA) is 64.6 Å².